The molecule has 0 aromatic heterocycles. The van der Waals surface area contributed by atoms with Crippen molar-refractivity contribution >= 4 is 0 Å². The Labute approximate surface area is 127 Å². The zero-order chi connectivity index (χ0) is 16.2. The van der Waals surface area contributed by atoms with Crippen LogP contribution >= 0.6 is 0 Å². The van der Waals surface area contributed by atoms with Crippen LogP contribution in [0.25, 0.3) is 0 Å². The van der Waals surface area contributed by atoms with Gasteiger partial charge >= 0.3 is 6.18 Å². The predicted molar refractivity (Wildman–Crippen MR) is 79.1 cm³/mol. The summed E-state index contributed by atoms with van der Waals surface area (Å²) in [6, 6.07) is 12.4. The fourth-order valence-electron chi connectivity index (χ4n) is 2.39. The molecule has 2 N–H and O–H groups in total. The first kappa shape index (κ1) is 16.5. The second-order valence-electron chi connectivity index (χ2n) is 5.11. The summed E-state index contributed by atoms with van der Waals surface area (Å²) in [4.78, 5) is 0. The molecule has 0 spiro atoms. The Morgan fingerprint density at radius 1 is 1.00 bits per heavy atom. The van der Waals surface area contributed by atoms with Gasteiger partial charge in [-0.25, -0.2) is 0 Å². The van der Waals surface area contributed by atoms with Crippen LogP contribution in [0, 0.1) is 0 Å². The van der Waals surface area contributed by atoms with Crippen LogP contribution in [0.2, 0.25) is 0 Å². The van der Waals surface area contributed by atoms with Crippen molar-refractivity contribution in [3.05, 3.63) is 70.8 Å². The lowest BCUT2D eigenvalue weighted by molar-refractivity contribution is -0.138. The minimum Gasteiger partial charge on any atom is -0.392 e. The summed E-state index contributed by atoms with van der Waals surface area (Å²) in [7, 11) is 0. The van der Waals surface area contributed by atoms with Crippen molar-refractivity contribution in [1.29, 1.82) is 0 Å². The van der Waals surface area contributed by atoms with Crippen LogP contribution in [0.4, 0.5) is 13.2 Å². The molecule has 2 aromatic rings. The third-order valence-corrected chi connectivity index (χ3v) is 3.62. The van der Waals surface area contributed by atoms with Crippen LogP contribution in [-0.4, -0.2) is 5.11 Å². The SMILES string of the molecule is CC(NCc1ccccc1CO)c1ccccc1C(F)(F)F. The van der Waals surface area contributed by atoms with E-state index in [-0.39, 0.29) is 12.2 Å². The van der Waals surface area contributed by atoms with Crippen molar-refractivity contribution < 1.29 is 18.3 Å². The maximum atomic E-state index is 13.0. The summed E-state index contributed by atoms with van der Waals surface area (Å²) in [5.41, 5.74) is 1.24. The maximum absolute atomic E-state index is 13.0. The van der Waals surface area contributed by atoms with Gasteiger partial charge in [0.05, 0.1) is 12.2 Å². The van der Waals surface area contributed by atoms with Crippen LogP contribution < -0.4 is 5.32 Å². The van der Waals surface area contributed by atoms with Crippen LogP contribution in [-0.2, 0) is 19.3 Å². The highest BCUT2D eigenvalue weighted by atomic mass is 19.4. The number of nitrogens with one attached hydrogen (secondary N) is 1. The topological polar surface area (TPSA) is 32.3 Å². The van der Waals surface area contributed by atoms with E-state index in [0.29, 0.717) is 6.54 Å². The third kappa shape index (κ3) is 3.87. The second-order valence-corrected chi connectivity index (χ2v) is 5.11. The number of halogens is 3. The molecule has 118 valence electrons. The highest BCUT2D eigenvalue weighted by Crippen LogP contribution is 2.34. The minimum atomic E-state index is -4.37. The van der Waals surface area contributed by atoms with Gasteiger partial charge in [-0.3, -0.25) is 0 Å². The van der Waals surface area contributed by atoms with Gasteiger partial charge in [0.2, 0.25) is 0 Å². The van der Waals surface area contributed by atoms with E-state index in [4.69, 9.17) is 0 Å². The Morgan fingerprint density at radius 3 is 2.23 bits per heavy atom. The molecule has 2 aromatic carbocycles. The number of aliphatic hydroxyl groups is 1. The molecule has 2 nitrogen and oxygen atoms in total. The first-order chi connectivity index (χ1) is 10.4. The number of aliphatic hydroxyl groups excluding tert-OH is 1. The molecular weight excluding hydrogens is 291 g/mol. The lowest BCUT2D eigenvalue weighted by Gasteiger charge is -2.20. The maximum Gasteiger partial charge on any atom is 0.416 e. The summed E-state index contributed by atoms with van der Waals surface area (Å²) in [5.74, 6) is 0. The monoisotopic (exact) mass is 309 g/mol. The molecule has 1 unspecified atom stereocenters. The Balaban J connectivity index is 2.15. The molecule has 0 saturated carbocycles. The molecule has 1 atom stereocenters. The van der Waals surface area contributed by atoms with Crippen LogP contribution in [0.5, 0.6) is 0 Å². The molecule has 0 saturated heterocycles. The highest BCUT2D eigenvalue weighted by molar-refractivity contribution is 5.32. The van der Waals surface area contributed by atoms with Crippen molar-refractivity contribution in [3.8, 4) is 0 Å². The van der Waals surface area contributed by atoms with Gasteiger partial charge < -0.3 is 10.4 Å². The van der Waals surface area contributed by atoms with E-state index >= 15 is 0 Å². The quantitative estimate of drug-likeness (QED) is 0.873. The van der Waals surface area contributed by atoms with Gasteiger partial charge in [0.1, 0.15) is 0 Å². The molecule has 0 bridgehead atoms. The smallest absolute Gasteiger partial charge is 0.392 e. The van der Waals surface area contributed by atoms with Crippen molar-refractivity contribution in [1.82, 2.24) is 5.32 Å². The minimum absolute atomic E-state index is 0.0919. The predicted octanol–water partition coefficient (Wildman–Crippen LogP) is 4.05. The average Bonchev–Trinajstić information content (AvgIpc) is 2.52. The summed E-state index contributed by atoms with van der Waals surface area (Å²) >= 11 is 0. The number of rotatable bonds is 5. The van der Waals surface area contributed by atoms with Crippen molar-refractivity contribution in [2.75, 3.05) is 0 Å². The summed E-state index contributed by atoms with van der Waals surface area (Å²) < 4.78 is 39.1. The van der Waals surface area contributed by atoms with Gasteiger partial charge in [-0.1, -0.05) is 42.5 Å². The molecule has 2 rings (SSSR count). The largest absolute Gasteiger partial charge is 0.416 e. The first-order valence-corrected chi connectivity index (χ1v) is 7.00. The van der Waals surface area contributed by atoms with Crippen molar-refractivity contribution in [3.63, 3.8) is 0 Å². The van der Waals surface area contributed by atoms with E-state index in [1.54, 1.807) is 19.1 Å². The number of alkyl halides is 3. The number of hydrogen-bond donors (Lipinski definition) is 2. The number of hydrogen-bond acceptors (Lipinski definition) is 2. The summed E-state index contributed by atoms with van der Waals surface area (Å²) in [6.07, 6.45) is -4.37. The zero-order valence-electron chi connectivity index (χ0n) is 12.2. The van der Waals surface area contributed by atoms with Crippen molar-refractivity contribution in [2.24, 2.45) is 0 Å². The Hall–Kier alpha value is -1.85. The fourth-order valence-corrected chi connectivity index (χ4v) is 2.39. The molecular formula is C17H18F3NO. The molecule has 0 aliphatic rings. The molecule has 0 aliphatic heterocycles. The normalized spacial score (nSPS) is 13.1. The highest BCUT2D eigenvalue weighted by Gasteiger charge is 2.34. The van der Waals surface area contributed by atoms with Gasteiger partial charge in [0.15, 0.2) is 0 Å². The lowest BCUT2D eigenvalue weighted by atomic mass is 10.0. The number of benzene rings is 2. The van der Waals surface area contributed by atoms with Crippen molar-refractivity contribution in [2.45, 2.75) is 32.3 Å². The van der Waals surface area contributed by atoms with E-state index in [1.165, 1.54) is 12.1 Å². The lowest BCUT2D eigenvalue weighted by Crippen LogP contribution is -2.22. The van der Waals surface area contributed by atoms with Gasteiger partial charge in [-0.05, 0) is 29.7 Å². The van der Waals surface area contributed by atoms with E-state index in [2.05, 4.69) is 5.32 Å². The zero-order valence-corrected chi connectivity index (χ0v) is 12.2. The summed E-state index contributed by atoms with van der Waals surface area (Å²) in [5, 5.41) is 12.4. The second kappa shape index (κ2) is 6.94. The molecule has 0 heterocycles. The van der Waals surface area contributed by atoms with E-state index in [0.717, 1.165) is 17.2 Å². The Kier molecular flexibility index (Phi) is 5.21. The van der Waals surface area contributed by atoms with Gasteiger partial charge in [-0.15, -0.1) is 0 Å². The standard InChI is InChI=1S/C17H18F3NO/c1-12(15-8-4-5-9-16(15)17(18,19)20)21-10-13-6-2-3-7-14(13)11-22/h2-9,12,21-22H,10-11H2,1H3. The van der Waals surface area contributed by atoms with E-state index in [1.807, 2.05) is 18.2 Å². The molecule has 22 heavy (non-hydrogen) atoms. The van der Waals surface area contributed by atoms with E-state index in [9.17, 15) is 18.3 Å². The van der Waals surface area contributed by atoms with E-state index < -0.39 is 17.8 Å². The molecule has 0 fully saturated rings. The summed E-state index contributed by atoms with van der Waals surface area (Å²) in [6.45, 7) is 2.00. The first-order valence-electron chi connectivity index (χ1n) is 7.00. The Bertz CT molecular complexity index is 625. The fraction of sp³-hybridized carbons (Fsp3) is 0.294. The third-order valence-electron chi connectivity index (χ3n) is 3.62. The van der Waals surface area contributed by atoms with Gasteiger partial charge in [0.25, 0.3) is 0 Å². The van der Waals surface area contributed by atoms with Crippen LogP contribution in [0.3, 0.4) is 0 Å². The molecule has 0 amide bonds. The molecule has 5 heteroatoms. The van der Waals surface area contributed by atoms with Crippen LogP contribution in [0.15, 0.2) is 48.5 Å². The average molecular weight is 309 g/mol. The molecule has 0 aliphatic carbocycles. The van der Waals surface area contributed by atoms with Crippen LogP contribution in [0.1, 0.15) is 35.2 Å². The van der Waals surface area contributed by atoms with Gasteiger partial charge in [0, 0.05) is 12.6 Å². The van der Waals surface area contributed by atoms with Gasteiger partial charge in [-0.2, -0.15) is 13.2 Å². The Morgan fingerprint density at radius 2 is 1.59 bits per heavy atom. The molecule has 0 radical (unpaired) electrons.